The van der Waals surface area contributed by atoms with Gasteiger partial charge in [0.1, 0.15) is 0 Å². The topological polar surface area (TPSA) is 30.7 Å². The first-order valence-corrected chi connectivity index (χ1v) is 20.5. The van der Waals surface area contributed by atoms with Gasteiger partial charge in [0.2, 0.25) is 5.95 Å². The Morgan fingerprint density at radius 3 is 1.83 bits per heavy atom. The molecule has 250 valence electrons. The number of fused-ring (bicyclic) bond motifs is 19. The van der Waals surface area contributed by atoms with Crippen LogP contribution in [0.4, 0.5) is 0 Å². The molecule has 0 aliphatic carbocycles. The van der Waals surface area contributed by atoms with Crippen LogP contribution in [0.1, 0.15) is 0 Å². The van der Waals surface area contributed by atoms with Gasteiger partial charge in [-0.2, -0.15) is 0 Å². The van der Waals surface area contributed by atoms with Crippen LogP contribution in [0, 0.1) is 0 Å². The number of hydrogen-bond acceptors (Lipinski definition) is 5. The summed E-state index contributed by atoms with van der Waals surface area (Å²) in [6.45, 7) is 0. The summed E-state index contributed by atoms with van der Waals surface area (Å²) in [5.41, 5.74) is 5.22. The number of benzene rings is 8. The number of rotatable bonds is 2. The molecule has 0 atom stereocenters. The molecule has 0 fully saturated rings. The summed E-state index contributed by atoms with van der Waals surface area (Å²) in [4.78, 5) is 10.8. The molecule has 54 heavy (non-hydrogen) atoms. The molecule has 0 aliphatic rings. The summed E-state index contributed by atoms with van der Waals surface area (Å²) in [6, 6.07) is 55.0. The molecule has 0 spiro atoms. The first kappa shape index (κ1) is 29.3. The van der Waals surface area contributed by atoms with Gasteiger partial charge in [-0.15, -0.1) is 34.0 Å². The Labute approximate surface area is 319 Å². The van der Waals surface area contributed by atoms with Gasteiger partial charge in [-0.05, 0) is 41.8 Å². The van der Waals surface area contributed by atoms with Gasteiger partial charge in [0.15, 0.2) is 0 Å². The van der Waals surface area contributed by atoms with E-state index in [2.05, 4.69) is 156 Å². The third-order valence-electron chi connectivity index (χ3n) is 11.2. The van der Waals surface area contributed by atoms with Gasteiger partial charge in [0, 0.05) is 82.9 Å². The summed E-state index contributed by atoms with van der Waals surface area (Å²) in [6.07, 6.45) is 0. The third-order valence-corrected chi connectivity index (χ3v) is 14.7. The summed E-state index contributed by atoms with van der Waals surface area (Å²) in [5.74, 6) is 0.686. The summed E-state index contributed by atoms with van der Waals surface area (Å²) in [5, 5.41) is 14.1. The van der Waals surface area contributed by atoms with Crippen LogP contribution in [-0.4, -0.2) is 14.5 Å². The van der Waals surface area contributed by atoms with Crippen molar-refractivity contribution in [1.29, 1.82) is 0 Å². The second kappa shape index (κ2) is 10.7. The molecule has 6 heteroatoms. The second-order valence-electron chi connectivity index (χ2n) is 14.0. The van der Waals surface area contributed by atoms with Crippen molar-refractivity contribution in [3.63, 3.8) is 0 Å². The summed E-state index contributed by atoms with van der Waals surface area (Å²) < 4.78 is 10.3. The van der Waals surface area contributed by atoms with E-state index in [1.165, 1.54) is 87.6 Å². The average Bonchev–Trinajstić information content (AvgIpc) is 3.99. The highest BCUT2D eigenvalue weighted by Gasteiger charge is 2.26. The van der Waals surface area contributed by atoms with Gasteiger partial charge >= 0.3 is 0 Å². The molecular weight excluding hydrogens is 715 g/mol. The molecule has 8 aromatic carbocycles. The lowest BCUT2D eigenvalue weighted by Gasteiger charge is -2.13. The van der Waals surface area contributed by atoms with Crippen LogP contribution in [0.5, 0.6) is 0 Å². The third kappa shape index (κ3) is 3.79. The van der Waals surface area contributed by atoms with Crippen molar-refractivity contribution in [3.05, 3.63) is 152 Å². The van der Waals surface area contributed by atoms with E-state index in [1.54, 1.807) is 0 Å². The van der Waals surface area contributed by atoms with Gasteiger partial charge in [-0.3, -0.25) is 4.57 Å². The van der Waals surface area contributed by atoms with Crippen molar-refractivity contribution >= 4 is 138 Å². The fourth-order valence-corrected chi connectivity index (χ4v) is 12.7. The van der Waals surface area contributed by atoms with Crippen LogP contribution in [0.25, 0.3) is 121 Å². The highest BCUT2D eigenvalue weighted by atomic mass is 32.1. The molecule has 0 bridgehead atoms. The highest BCUT2D eigenvalue weighted by molar-refractivity contribution is 7.30. The van der Waals surface area contributed by atoms with Crippen LogP contribution < -0.4 is 0 Å². The quantitative estimate of drug-likeness (QED) is 0.177. The number of thiophene rings is 3. The molecule has 13 rings (SSSR count). The normalized spacial score (nSPS) is 12.4. The van der Waals surface area contributed by atoms with Gasteiger partial charge < -0.3 is 0 Å². The van der Waals surface area contributed by atoms with Crippen molar-refractivity contribution in [1.82, 2.24) is 14.5 Å². The molecule has 0 radical (unpaired) electrons. The predicted octanol–water partition coefficient (Wildman–Crippen LogP) is 14.7. The zero-order chi connectivity index (χ0) is 35.1. The minimum absolute atomic E-state index is 0.686. The Bertz CT molecular complexity index is 3730. The predicted molar refractivity (Wildman–Crippen MR) is 235 cm³/mol. The maximum absolute atomic E-state index is 5.45. The molecule has 0 aliphatic heterocycles. The Morgan fingerprint density at radius 1 is 0.370 bits per heavy atom. The first-order chi connectivity index (χ1) is 26.8. The minimum Gasteiger partial charge on any atom is -0.276 e. The smallest absolute Gasteiger partial charge is 0.235 e. The first-order valence-electron chi connectivity index (χ1n) is 18.1. The van der Waals surface area contributed by atoms with Crippen molar-refractivity contribution in [3.8, 4) is 17.2 Å². The maximum atomic E-state index is 5.45. The molecule has 0 unspecified atom stereocenters. The van der Waals surface area contributed by atoms with Gasteiger partial charge in [-0.1, -0.05) is 115 Å². The van der Waals surface area contributed by atoms with E-state index in [1.807, 2.05) is 34.0 Å². The molecule has 0 amide bonds. The zero-order valence-electron chi connectivity index (χ0n) is 28.5. The summed E-state index contributed by atoms with van der Waals surface area (Å²) in [7, 11) is 0. The fourth-order valence-electron chi connectivity index (χ4n) is 8.98. The minimum atomic E-state index is 0.686. The molecule has 0 N–H and O–H groups in total. The van der Waals surface area contributed by atoms with Crippen LogP contribution in [0.15, 0.2) is 152 Å². The monoisotopic (exact) mass is 739 g/mol. The fraction of sp³-hybridized carbons (Fsp3) is 0. The lowest BCUT2D eigenvalue weighted by molar-refractivity contribution is 1.02. The molecular formula is C48H25N3S3. The van der Waals surface area contributed by atoms with E-state index in [-0.39, 0.29) is 0 Å². The Balaban J connectivity index is 1.26. The van der Waals surface area contributed by atoms with E-state index in [4.69, 9.17) is 9.97 Å². The van der Waals surface area contributed by atoms with Crippen LogP contribution in [0.2, 0.25) is 0 Å². The molecule has 13 aromatic rings. The standard InChI is InChI=1S/C48H25N3S3/c1-2-12-26(13-3-1)44-27-14-4-8-18-33(27)49-48(50-44)51-34-19-9-5-15-28(34)39-31-22-24-37-40(42(31)43-30-17-7-11-21-36(30)53-47(43)45(39)51)32-23-25-38-41(46(32)54-37)29-16-6-10-20-35(29)52-38/h1-25H. The lowest BCUT2D eigenvalue weighted by atomic mass is 9.95. The Morgan fingerprint density at radius 2 is 1.00 bits per heavy atom. The largest absolute Gasteiger partial charge is 0.276 e. The average molecular weight is 740 g/mol. The van der Waals surface area contributed by atoms with Gasteiger partial charge in [0.25, 0.3) is 0 Å². The van der Waals surface area contributed by atoms with E-state index in [9.17, 15) is 0 Å². The number of nitrogens with zero attached hydrogens (tertiary/aromatic N) is 3. The SMILES string of the molecule is c1ccc(-c2nc(-n3c4ccccc4c4c5ccc6sc7c(ccc8sc9ccccc9c87)c6c5c5c6ccccc6sc5c43)nc3ccccc23)cc1. The Hall–Kier alpha value is -6.18. The van der Waals surface area contributed by atoms with Crippen LogP contribution >= 0.6 is 34.0 Å². The lowest BCUT2D eigenvalue weighted by Crippen LogP contribution is -2.03. The number of hydrogen-bond donors (Lipinski definition) is 0. The maximum Gasteiger partial charge on any atom is 0.235 e. The molecule has 3 nitrogen and oxygen atoms in total. The summed E-state index contributed by atoms with van der Waals surface area (Å²) >= 11 is 5.72. The van der Waals surface area contributed by atoms with E-state index in [0.29, 0.717) is 5.95 Å². The molecule has 5 aromatic heterocycles. The second-order valence-corrected chi connectivity index (χ2v) is 17.2. The van der Waals surface area contributed by atoms with Crippen molar-refractivity contribution in [2.45, 2.75) is 0 Å². The van der Waals surface area contributed by atoms with E-state index >= 15 is 0 Å². The van der Waals surface area contributed by atoms with Gasteiger partial charge in [0.05, 0.1) is 26.9 Å². The van der Waals surface area contributed by atoms with Gasteiger partial charge in [-0.25, -0.2) is 9.97 Å². The number of aromatic nitrogens is 3. The zero-order valence-corrected chi connectivity index (χ0v) is 30.9. The van der Waals surface area contributed by atoms with Crippen LogP contribution in [0.3, 0.4) is 0 Å². The Kier molecular flexibility index (Phi) is 5.81. The van der Waals surface area contributed by atoms with E-state index < -0.39 is 0 Å². The molecule has 0 saturated carbocycles. The van der Waals surface area contributed by atoms with E-state index in [0.717, 1.165) is 27.7 Å². The molecule has 5 heterocycles. The highest BCUT2D eigenvalue weighted by Crippen LogP contribution is 2.53. The molecule has 0 saturated heterocycles. The number of para-hydroxylation sites is 2. The van der Waals surface area contributed by atoms with Crippen molar-refractivity contribution in [2.75, 3.05) is 0 Å². The van der Waals surface area contributed by atoms with Crippen molar-refractivity contribution < 1.29 is 0 Å². The van der Waals surface area contributed by atoms with Crippen LogP contribution in [-0.2, 0) is 0 Å². The van der Waals surface area contributed by atoms with Crippen molar-refractivity contribution in [2.24, 2.45) is 0 Å².